The lowest BCUT2D eigenvalue weighted by atomic mass is 10.1. The van der Waals surface area contributed by atoms with Crippen LogP contribution in [0.5, 0.6) is 5.75 Å². The molecular weight excluding hydrogens is 316 g/mol. The summed E-state index contributed by atoms with van der Waals surface area (Å²) in [5.74, 6) is -0.390. The molecule has 0 saturated carbocycles. The fourth-order valence-corrected chi connectivity index (χ4v) is 2.68. The minimum atomic E-state index is -0.918. The Labute approximate surface area is 137 Å². The van der Waals surface area contributed by atoms with Crippen LogP contribution in [-0.4, -0.2) is 30.7 Å². The van der Waals surface area contributed by atoms with Crippen molar-refractivity contribution in [1.82, 2.24) is 0 Å². The van der Waals surface area contributed by atoms with E-state index in [1.165, 1.54) is 27.0 Å². The Morgan fingerprint density at radius 3 is 2.13 bits per heavy atom. The molecule has 23 heavy (non-hydrogen) atoms. The smallest absolute Gasteiger partial charge is 0.349 e. The molecule has 1 aromatic heterocycles. The summed E-state index contributed by atoms with van der Waals surface area (Å²) in [6.07, 6.45) is -0.918. The summed E-state index contributed by atoms with van der Waals surface area (Å²) in [6.45, 7) is 2.95. The number of ether oxygens (including phenoxy) is 2. The number of hydrogen-bond donors (Lipinski definition) is 0. The summed E-state index contributed by atoms with van der Waals surface area (Å²) in [7, 11) is 1.54. The zero-order chi connectivity index (χ0) is 17.0. The maximum Gasteiger partial charge on any atom is 0.349 e. The van der Waals surface area contributed by atoms with Crippen LogP contribution in [0.25, 0.3) is 0 Å². The van der Waals surface area contributed by atoms with E-state index in [-0.39, 0.29) is 11.6 Å². The number of esters is 1. The Balaban J connectivity index is 2.04. The van der Waals surface area contributed by atoms with E-state index < -0.39 is 12.1 Å². The first kappa shape index (κ1) is 16.9. The van der Waals surface area contributed by atoms with E-state index in [9.17, 15) is 14.4 Å². The van der Waals surface area contributed by atoms with Crippen LogP contribution >= 0.6 is 11.3 Å². The molecule has 120 valence electrons. The van der Waals surface area contributed by atoms with Crippen LogP contribution in [0.3, 0.4) is 0 Å². The molecule has 1 heterocycles. The van der Waals surface area contributed by atoms with Crippen molar-refractivity contribution in [3.8, 4) is 5.75 Å². The summed E-state index contributed by atoms with van der Waals surface area (Å²) < 4.78 is 10.2. The molecule has 0 bridgehead atoms. The molecule has 2 rings (SSSR count). The first-order chi connectivity index (χ1) is 10.9. The van der Waals surface area contributed by atoms with Crippen molar-refractivity contribution in [2.24, 2.45) is 0 Å². The minimum Gasteiger partial charge on any atom is -0.497 e. The Kier molecular flexibility index (Phi) is 5.28. The normalized spacial score (nSPS) is 11.6. The van der Waals surface area contributed by atoms with Crippen molar-refractivity contribution in [3.63, 3.8) is 0 Å². The van der Waals surface area contributed by atoms with Gasteiger partial charge in [0, 0.05) is 5.56 Å². The number of ketones is 2. The molecule has 0 fully saturated rings. The highest BCUT2D eigenvalue weighted by molar-refractivity contribution is 7.15. The summed E-state index contributed by atoms with van der Waals surface area (Å²) in [5, 5.41) is 0. The van der Waals surface area contributed by atoms with Crippen LogP contribution in [0.15, 0.2) is 36.4 Å². The lowest BCUT2D eigenvalue weighted by molar-refractivity contribution is 0.0323. The van der Waals surface area contributed by atoms with Gasteiger partial charge >= 0.3 is 5.97 Å². The molecule has 1 aromatic carbocycles. The highest BCUT2D eigenvalue weighted by atomic mass is 32.1. The molecule has 2 aromatic rings. The van der Waals surface area contributed by atoms with Gasteiger partial charge in [-0.05, 0) is 50.2 Å². The van der Waals surface area contributed by atoms with E-state index in [2.05, 4.69) is 0 Å². The average molecular weight is 332 g/mol. The Hall–Kier alpha value is -2.47. The largest absolute Gasteiger partial charge is 0.497 e. The second-order valence-corrected chi connectivity index (χ2v) is 5.94. The molecule has 6 heteroatoms. The molecule has 0 spiro atoms. The van der Waals surface area contributed by atoms with Gasteiger partial charge in [-0.2, -0.15) is 0 Å². The molecule has 0 aliphatic rings. The first-order valence-corrected chi connectivity index (χ1v) is 7.74. The predicted molar refractivity (Wildman–Crippen MR) is 86.5 cm³/mol. The molecule has 0 amide bonds. The third-order valence-corrected chi connectivity index (χ3v) is 4.35. The highest BCUT2D eigenvalue weighted by Crippen LogP contribution is 2.19. The Bertz CT molecular complexity index is 730. The number of hydrogen-bond acceptors (Lipinski definition) is 6. The van der Waals surface area contributed by atoms with Crippen LogP contribution in [0.4, 0.5) is 0 Å². The second-order valence-electron chi connectivity index (χ2n) is 4.86. The topological polar surface area (TPSA) is 69.7 Å². The van der Waals surface area contributed by atoms with Gasteiger partial charge in [0.1, 0.15) is 10.6 Å². The highest BCUT2D eigenvalue weighted by Gasteiger charge is 2.21. The van der Waals surface area contributed by atoms with Crippen molar-refractivity contribution in [1.29, 1.82) is 0 Å². The number of benzene rings is 1. The number of carbonyl (C=O) groups is 3. The maximum absolute atomic E-state index is 12.3. The number of rotatable bonds is 6. The van der Waals surface area contributed by atoms with Gasteiger partial charge in [-0.3, -0.25) is 9.59 Å². The van der Waals surface area contributed by atoms with Crippen LogP contribution in [0, 0.1) is 0 Å². The SMILES string of the molecule is COc1ccc(C(=O)C(C)OC(=O)c2ccc(C(C)=O)s2)cc1. The average Bonchev–Trinajstić information content (AvgIpc) is 3.04. The van der Waals surface area contributed by atoms with Crippen LogP contribution in [0.1, 0.15) is 43.5 Å². The number of carbonyl (C=O) groups excluding carboxylic acids is 3. The Morgan fingerprint density at radius 1 is 1.00 bits per heavy atom. The summed E-state index contributed by atoms with van der Waals surface area (Å²) in [6, 6.07) is 9.66. The molecule has 0 aliphatic heterocycles. The quantitative estimate of drug-likeness (QED) is 0.599. The van der Waals surface area contributed by atoms with Gasteiger partial charge in [0.2, 0.25) is 5.78 Å². The van der Waals surface area contributed by atoms with E-state index in [4.69, 9.17) is 9.47 Å². The third-order valence-electron chi connectivity index (χ3n) is 3.18. The van der Waals surface area contributed by atoms with Gasteiger partial charge < -0.3 is 9.47 Å². The fraction of sp³-hybridized carbons (Fsp3) is 0.235. The van der Waals surface area contributed by atoms with Crippen molar-refractivity contribution in [2.45, 2.75) is 20.0 Å². The van der Waals surface area contributed by atoms with Crippen molar-refractivity contribution in [3.05, 3.63) is 51.7 Å². The maximum atomic E-state index is 12.3. The fourth-order valence-electron chi connectivity index (χ4n) is 1.90. The molecule has 0 saturated heterocycles. The number of Topliss-reactive ketones (excluding diaryl/α,β-unsaturated/α-hetero) is 2. The summed E-state index contributed by atoms with van der Waals surface area (Å²) >= 11 is 1.05. The van der Waals surface area contributed by atoms with Gasteiger partial charge in [0.25, 0.3) is 0 Å². The minimum absolute atomic E-state index is 0.114. The van der Waals surface area contributed by atoms with Gasteiger partial charge in [0.15, 0.2) is 11.9 Å². The number of methoxy groups -OCH3 is 1. The van der Waals surface area contributed by atoms with E-state index in [0.717, 1.165) is 11.3 Å². The standard InChI is InChI=1S/C17H16O5S/c1-10(18)14-8-9-15(23-14)17(20)22-11(2)16(19)12-4-6-13(21-3)7-5-12/h4-9,11H,1-3H3. The van der Waals surface area contributed by atoms with E-state index >= 15 is 0 Å². The first-order valence-electron chi connectivity index (χ1n) is 6.92. The predicted octanol–water partition coefficient (Wildman–Crippen LogP) is 3.39. The van der Waals surface area contributed by atoms with E-state index in [0.29, 0.717) is 21.1 Å². The van der Waals surface area contributed by atoms with Crippen LogP contribution < -0.4 is 4.74 Å². The van der Waals surface area contributed by atoms with Crippen LogP contribution in [-0.2, 0) is 4.74 Å². The molecule has 5 nitrogen and oxygen atoms in total. The van der Waals surface area contributed by atoms with E-state index in [1.807, 2.05) is 0 Å². The van der Waals surface area contributed by atoms with Crippen LogP contribution in [0.2, 0.25) is 0 Å². The van der Waals surface area contributed by atoms with Gasteiger partial charge in [-0.15, -0.1) is 11.3 Å². The molecule has 0 N–H and O–H groups in total. The zero-order valence-corrected chi connectivity index (χ0v) is 13.8. The monoisotopic (exact) mass is 332 g/mol. The van der Waals surface area contributed by atoms with Crippen molar-refractivity contribution >= 4 is 28.9 Å². The molecular formula is C17H16O5S. The Morgan fingerprint density at radius 2 is 1.61 bits per heavy atom. The van der Waals surface area contributed by atoms with E-state index in [1.54, 1.807) is 30.3 Å². The molecule has 0 radical (unpaired) electrons. The number of thiophene rings is 1. The van der Waals surface area contributed by atoms with Crippen molar-refractivity contribution < 1.29 is 23.9 Å². The summed E-state index contributed by atoms with van der Waals surface area (Å²) in [4.78, 5) is 36.3. The molecule has 0 aliphatic carbocycles. The molecule has 1 unspecified atom stereocenters. The lowest BCUT2D eigenvalue weighted by Gasteiger charge is -2.12. The second kappa shape index (κ2) is 7.19. The molecule has 1 atom stereocenters. The summed E-state index contributed by atoms with van der Waals surface area (Å²) in [5.41, 5.74) is 0.432. The van der Waals surface area contributed by atoms with Gasteiger partial charge in [-0.25, -0.2) is 4.79 Å². The lowest BCUT2D eigenvalue weighted by Crippen LogP contribution is -2.24. The zero-order valence-electron chi connectivity index (χ0n) is 13.0. The van der Waals surface area contributed by atoms with Gasteiger partial charge in [0.05, 0.1) is 12.0 Å². The van der Waals surface area contributed by atoms with Crippen molar-refractivity contribution in [2.75, 3.05) is 7.11 Å². The van der Waals surface area contributed by atoms with Gasteiger partial charge in [-0.1, -0.05) is 0 Å². The third kappa shape index (κ3) is 4.04.